The first kappa shape index (κ1) is 15.1. The zero-order valence-electron chi connectivity index (χ0n) is 13.4. The van der Waals surface area contributed by atoms with E-state index in [-0.39, 0.29) is 23.7 Å². The minimum atomic E-state index is -0.117. The van der Waals surface area contributed by atoms with E-state index in [1.165, 1.54) is 0 Å². The number of hydrogen-bond acceptors (Lipinski definition) is 2. The van der Waals surface area contributed by atoms with Crippen LogP contribution in [0.3, 0.4) is 0 Å². The number of likely N-dealkylation sites (tertiary alicyclic amines) is 1. The molecule has 0 aromatic heterocycles. The van der Waals surface area contributed by atoms with Crippen LogP contribution in [0.4, 0.5) is 5.69 Å². The molecule has 22 heavy (non-hydrogen) atoms. The molecule has 2 atom stereocenters. The summed E-state index contributed by atoms with van der Waals surface area (Å²) in [6.07, 6.45) is 2.92. The van der Waals surface area contributed by atoms with Gasteiger partial charge in [-0.05, 0) is 50.8 Å². The van der Waals surface area contributed by atoms with Crippen molar-refractivity contribution in [3.8, 4) is 0 Å². The first-order valence-electron chi connectivity index (χ1n) is 8.28. The summed E-state index contributed by atoms with van der Waals surface area (Å²) in [5.74, 6) is 0.0970. The van der Waals surface area contributed by atoms with Crippen molar-refractivity contribution in [3.63, 3.8) is 0 Å². The van der Waals surface area contributed by atoms with Crippen LogP contribution in [0.2, 0.25) is 0 Å². The fourth-order valence-corrected chi connectivity index (χ4v) is 3.37. The summed E-state index contributed by atoms with van der Waals surface area (Å²) >= 11 is 0. The van der Waals surface area contributed by atoms with E-state index in [0.29, 0.717) is 6.54 Å². The number of carbonyl (C=O) groups is 2. The van der Waals surface area contributed by atoms with Gasteiger partial charge >= 0.3 is 0 Å². The highest BCUT2D eigenvalue weighted by molar-refractivity contribution is 6.01. The lowest BCUT2D eigenvalue weighted by molar-refractivity contribution is -0.133. The van der Waals surface area contributed by atoms with Gasteiger partial charge in [-0.15, -0.1) is 0 Å². The Morgan fingerprint density at radius 2 is 1.95 bits per heavy atom. The molecule has 1 aliphatic heterocycles. The lowest BCUT2D eigenvalue weighted by atomic mass is 10.2. The number of benzene rings is 1. The molecular weight excluding hydrogens is 276 g/mol. The van der Waals surface area contributed by atoms with Crippen molar-refractivity contribution < 1.29 is 9.59 Å². The van der Waals surface area contributed by atoms with Gasteiger partial charge in [0.05, 0.1) is 11.8 Å². The van der Waals surface area contributed by atoms with Crippen LogP contribution in [0.1, 0.15) is 31.7 Å². The average molecular weight is 300 g/mol. The number of nitrogens with zero attached hydrogens (tertiary/aromatic N) is 2. The van der Waals surface area contributed by atoms with Gasteiger partial charge in [-0.25, -0.2) is 0 Å². The van der Waals surface area contributed by atoms with Gasteiger partial charge in [0.2, 0.25) is 11.8 Å². The van der Waals surface area contributed by atoms with Gasteiger partial charge in [-0.1, -0.05) is 12.1 Å². The number of aryl methyl sites for hydroxylation is 1. The monoisotopic (exact) mass is 300 g/mol. The van der Waals surface area contributed by atoms with E-state index in [9.17, 15) is 9.59 Å². The molecule has 1 aromatic carbocycles. The topological polar surface area (TPSA) is 40.6 Å². The second-order valence-electron chi connectivity index (χ2n) is 6.40. The molecule has 4 nitrogen and oxygen atoms in total. The molecule has 0 bridgehead atoms. The SMILES string of the molecule is CCN(C(=O)C1CC1C(=O)N1CCCC1)c1cccc(C)c1. The largest absolute Gasteiger partial charge is 0.342 e. The smallest absolute Gasteiger partial charge is 0.230 e. The predicted octanol–water partition coefficient (Wildman–Crippen LogP) is 2.61. The first-order valence-corrected chi connectivity index (χ1v) is 8.28. The highest BCUT2D eigenvalue weighted by Gasteiger charge is 2.51. The van der Waals surface area contributed by atoms with E-state index >= 15 is 0 Å². The van der Waals surface area contributed by atoms with E-state index in [4.69, 9.17) is 0 Å². The molecule has 1 aliphatic carbocycles. The van der Waals surface area contributed by atoms with Crippen molar-refractivity contribution in [2.75, 3.05) is 24.5 Å². The maximum Gasteiger partial charge on any atom is 0.230 e. The normalized spacial score (nSPS) is 23.5. The summed E-state index contributed by atoms with van der Waals surface area (Å²) in [5.41, 5.74) is 2.08. The van der Waals surface area contributed by atoms with Crippen LogP contribution in [-0.4, -0.2) is 36.3 Å². The van der Waals surface area contributed by atoms with Crippen LogP contribution in [-0.2, 0) is 9.59 Å². The number of anilines is 1. The third-order valence-electron chi connectivity index (χ3n) is 4.74. The molecule has 4 heteroatoms. The molecular formula is C18H24N2O2. The Balaban J connectivity index is 1.67. The summed E-state index contributed by atoms with van der Waals surface area (Å²) in [6, 6.07) is 7.99. The highest BCUT2D eigenvalue weighted by atomic mass is 16.2. The minimum Gasteiger partial charge on any atom is -0.342 e. The molecule has 0 N–H and O–H groups in total. The first-order chi connectivity index (χ1) is 10.6. The van der Waals surface area contributed by atoms with Crippen LogP contribution in [0, 0.1) is 18.8 Å². The second-order valence-corrected chi connectivity index (χ2v) is 6.40. The van der Waals surface area contributed by atoms with E-state index in [0.717, 1.165) is 43.6 Å². The fourth-order valence-electron chi connectivity index (χ4n) is 3.37. The molecule has 2 fully saturated rings. The Bertz CT molecular complexity index is 578. The van der Waals surface area contributed by atoms with Gasteiger partial charge in [0.25, 0.3) is 0 Å². The molecule has 1 heterocycles. The average Bonchev–Trinajstić information content (AvgIpc) is 3.12. The second kappa shape index (κ2) is 6.11. The Morgan fingerprint density at radius 3 is 2.59 bits per heavy atom. The van der Waals surface area contributed by atoms with Crippen molar-refractivity contribution in [2.24, 2.45) is 11.8 Å². The van der Waals surface area contributed by atoms with Crippen molar-refractivity contribution >= 4 is 17.5 Å². The van der Waals surface area contributed by atoms with Gasteiger partial charge in [0.15, 0.2) is 0 Å². The maximum atomic E-state index is 12.7. The van der Waals surface area contributed by atoms with Crippen molar-refractivity contribution in [1.82, 2.24) is 4.90 Å². The summed E-state index contributed by atoms with van der Waals surface area (Å²) in [7, 11) is 0. The number of carbonyl (C=O) groups excluding carboxylic acids is 2. The van der Waals surface area contributed by atoms with Gasteiger partial charge in [-0.2, -0.15) is 0 Å². The van der Waals surface area contributed by atoms with Crippen molar-refractivity contribution in [2.45, 2.75) is 33.1 Å². The van der Waals surface area contributed by atoms with Crippen LogP contribution in [0.25, 0.3) is 0 Å². The predicted molar refractivity (Wildman–Crippen MR) is 86.6 cm³/mol. The summed E-state index contributed by atoms with van der Waals surface area (Å²) in [5, 5.41) is 0. The van der Waals surface area contributed by atoms with E-state index < -0.39 is 0 Å². The molecule has 1 saturated heterocycles. The van der Waals surface area contributed by atoms with Crippen LogP contribution in [0.15, 0.2) is 24.3 Å². The Hall–Kier alpha value is -1.84. The van der Waals surface area contributed by atoms with E-state index in [1.807, 2.05) is 47.9 Å². The lowest BCUT2D eigenvalue weighted by Gasteiger charge is -2.22. The van der Waals surface area contributed by atoms with E-state index in [2.05, 4.69) is 0 Å². The van der Waals surface area contributed by atoms with Gasteiger partial charge in [0, 0.05) is 25.3 Å². The van der Waals surface area contributed by atoms with Gasteiger partial charge < -0.3 is 9.80 Å². The van der Waals surface area contributed by atoms with Gasteiger partial charge in [-0.3, -0.25) is 9.59 Å². The molecule has 0 radical (unpaired) electrons. The molecule has 2 aliphatic rings. The molecule has 2 amide bonds. The molecule has 1 saturated carbocycles. The zero-order valence-corrected chi connectivity index (χ0v) is 13.4. The molecule has 2 unspecified atom stereocenters. The zero-order chi connectivity index (χ0) is 15.7. The van der Waals surface area contributed by atoms with Gasteiger partial charge in [0.1, 0.15) is 0 Å². The number of hydrogen-bond donors (Lipinski definition) is 0. The molecule has 1 aromatic rings. The molecule has 0 spiro atoms. The molecule has 118 valence electrons. The van der Waals surface area contributed by atoms with Crippen molar-refractivity contribution in [1.29, 1.82) is 0 Å². The van der Waals surface area contributed by atoms with Crippen LogP contribution >= 0.6 is 0 Å². The number of rotatable bonds is 4. The summed E-state index contributed by atoms with van der Waals surface area (Å²) < 4.78 is 0. The Morgan fingerprint density at radius 1 is 1.23 bits per heavy atom. The Labute approximate surface area is 132 Å². The molecule has 3 rings (SSSR count). The third kappa shape index (κ3) is 2.87. The maximum absolute atomic E-state index is 12.7. The summed E-state index contributed by atoms with van der Waals surface area (Å²) in [6.45, 7) is 6.39. The van der Waals surface area contributed by atoms with E-state index in [1.54, 1.807) is 0 Å². The third-order valence-corrected chi connectivity index (χ3v) is 4.74. The Kier molecular flexibility index (Phi) is 4.19. The highest BCUT2D eigenvalue weighted by Crippen LogP contribution is 2.42. The summed E-state index contributed by atoms with van der Waals surface area (Å²) in [4.78, 5) is 28.9. The van der Waals surface area contributed by atoms with Crippen molar-refractivity contribution in [3.05, 3.63) is 29.8 Å². The minimum absolute atomic E-state index is 0.0792. The van der Waals surface area contributed by atoms with Crippen LogP contribution in [0.5, 0.6) is 0 Å². The quantitative estimate of drug-likeness (QED) is 0.857. The fraction of sp³-hybridized carbons (Fsp3) is 0.556. The lowest BCUT2D eigenvalue weighted by Crippen LogP contribution is -2.35. The van der Waals surface area contributed by atoms with Crippen LogP contribution < -0.4 is 4.90 Å². The number of amides is 2. The standard InChI is InChI=1S/C18H24N2O2/c1-3-20(14-8-6-7-13(2)11-14)18(22)16-12-15(16)17(21)19-9-4-5-10-19/h6-8,11,15-16H,3-5,9-10,12H2,1-2H3.